The summed E-state index contributed by atoms with van der Waals surface area (Å²) in [5, 5.41) is 0. The number of imidazole rings is 1. The van der Waals surface area contributed by atoms with Gasteiger partial charge < -0.3 is 4.90 Å². The van der Waals surface area contributed by atoms with E-state index in [0.29, 0.717) is 0 Å². The maximum absolute atomic E-state index is 4.56. The fourth-order valence-electron chi connectivity index (χ4n) is 3.94. The summed E-state index contributed by atoms with van der Waals surface area (Å²) >= 11 is 0. The van der Waals surface area contributed by atoms with Crippen LogP contribution in [-0.2, 0) is 6.54 Å². The summed E-state index contributed by atoms with van der Waals surface area (Å²) in [4.78, 5) is 14.0. The average Bonchev–Trinajstić information content (AvgIpc) is 3.20. The number of benzene rings is 2. The SMILES string of the molecule is c1ccc(CN2CCN(c3cnc4nccc(-c5ccccc5)n34)CC2)cc1. The summed E-state index contributed by atoms with van der Waals surface area (Å²) in [6.07, 6.45) is 3.80. The highest BCUT2D eigenvalue weighted by Crippen LogP contribution is 2.26. The normalized spacial score (nSPS) is 15.2. The minimum Gasteiger partial charge on any atom is -0.354 e. The highest BCUT2D eigenvalue weighted by Gasteiger charge is 2.21. The lowest BCUT2D eigenvalue weighted by Crippen LogP contribution is -2.46. The van der Waals surface area contributed by atoms with Crippen molar-refractivity contribution in [1.82, 2.24) is 19.3 Å². The molecule has 1 saturated heterocycles. The van der Waals surface area contributed by atoms with Gasteiger partial charge in [0.25, 0.3) is 0 Å². The van der Waals surface area contributed by atoms with Crippen molar-refractivity contribution in [3.8, 4) is 11.3 Å². The summed E-state index contributed by atoms with van der Waals surface area (Å²) in [6.45, 7) is 5.08. The fourth-order valence-corrected chi connectivity index (χ4v) is 3.94. The molecule has 2 aromatic carbocycles. The molecule has 5 heteroatoms. The van der Waals surface area contributed by atoms with Gasteiger partial charge in [0.05, 0.1) is 11.9 Å². The Morgan fingerprint density at radius 1 is 0.750 bits per heavy atom. The Labute approximate surface area is 164 Å². The van der Waals surface area contributed by atoms with Crippen LogP contribution in [0, 0.1) is 0 Å². The monoisotopic (exact) mass is 369 g/mol. The summed E-state index contributed by atoms with van der Waals surface area (Å²) in [5.41, 5.74) is 3.68. The molecule has 0 unspecified atom stereocenters. The van der Waals surface area contributed by atoms with Crippen LogP contribution in [-0.4, -0.2) is 45.4 Å². The molecule has 2 aromatic heterocycles. The van der Waals surface area contributed by atoms with Crippen molar-refractivity contribution in [2.45, 2.75) is 6.54 Å². The number of hydrogen-bond acceptors (Lipinski definition) is 4. The molecule has 5 nitrogen and oxygen atoms in total. The van der Waals surface area contributed by atoms with Crippen molar-refractivity contribution < 1.29 is 0 Å². The van der Waals surface area contributed by atoms with E-state index in [1.165, 1.54) is 11.1 Å². The molecule has 1 aliphatic heterocycles. The van der Waals surface area contributed by atoms with E-state index < -0.39 is 0 Å². The molecule has 0 radical (unpaired) electrons. The lowest BCUT2D eigenvalue weighted by atomic mass is 10.1. The number of anilines is 1. The molecule has 0 atom stereocenters. The highest BCUT2D eigenvalue weighted by molar-refractivity contribution is 5.65. The molecule has 0 bridgehead atoms. The van der Waals surface area contributed by atoms with Gasteiger partial charge >= 0.3 is 0 Å². The van der Waals surface area contributed by atoms with Crippen LogP contribution in [0.15, 0.2) is 79.1 Å². The van der Waals surface area contributed by atoms with Crippen molar-refractivity contribution in [1.29, 1.82) is 0 Å². The number of piperazine rings is 1. The molecule has 1 fully saturated rings. The van der Waals surface area contributed by atoms with Crippen LogP contribution < -0.4 is 4.90 Å². The molecule has 0 N–H and O–H groups in total. The quantitative estimate of drug-likeness (QED) is 0.549. The zero-order valence-corrected chi connectivity index (χ0v) is 15.8. The summed E-state index contributed by atoms with van der Waals surface area (Å²) < 4.78 is 2.18. The average molecular weight is 369 g/mol. The third-order valence-electron chi connectivity index (χ3n) is 5.40. The Kier molecular flexibility index (Phi) is 4.51. The van der Waals surface area contributed by atoms with Crippen LogP contribution in [0.1, 0.15) is 5.56 Å². The maximum Gasteiger partial charge on any atom is 0.235 e. The molecule has 4 aromatic rings. The largest absolute Gasteiger partial charge is 0.354 e. The Hall–Kier alpha value is -3.18. The molecule has 1 aliphatic rings. The number of aromatic nitrogens is 3. The Morgan fingerprint density at radius 3 is 2.21 bits per heavy atom. The van der Waals surface area contributed by atoms with Crippen LogP contribution >= 0.6 is 0 Å². The first-order valence-electron chi connectivity index (χ1n) is 9.77. The van der Waals surface area contributed by atoms with E-state index in [0.717, 1.165) is 50.0 Å². The number of rotatable bonds is 4. The van der Waals surface area contributed by atoms with Crippen LogP contribution in [0.25, 0.3) is 17.0 Å². The molecular weight excluding hydrogens is 346 g/mol. The highest BCUT2D eigenvalue weighted by atomic mass is 15.3. The van der Waals surface area contributed by atoms with Crippen LogP contribution in [0.4, 0.5) is 5.82 Å². The standard InChI is InChI=1S/C23H23N5/c1-3-7-19(8-4-1)18-26-13-15-27(16-14-26)22-17-25-23-24-12-11-21(28(22)23)20-9-5-2-6-10-20/h1-12,17H,13-16,18H2. The molecule has 3 heterocycles. The fraction of sp³-hybridized carbons (Fsp3) is 0.217. The van der Waals surface area contributed by atoms with Crippen molar-refractivity contribution in [3.63, 3.8) is 0 Å². The minimum absolute atomic E-state index is 0.753. The lowest BCUT2D eigenvalue weighted by molar-refractivity contribution is 0.249. The third-order valence-corrected chi connectivity index (χ3v) is 5.40. The number of hydrogen-bond donors (Lipinski definition) is 0. The smallest absolute Gasteiger partial charge is 0.235 e. The third kappa shape index (κ3) is 3.25. The van der Waals surface area contributed by atoms with Gasteiger partial charge in [-0.15, -0.1) is 0 Å². The molecule has 0 aliphatic carbocycles. The second-order valence-corrected chi connectivity index (χ2v) is 7.20. The van der Waals surface area contributed by atoms with Crippen LogP contribution in [0.2, 0.25) is 0 Å². The number of fused-ring (bicyclic) bond motifs is 1. The van der Waals surface area contributed by atoms with E-state index in [9.17, 15) is 0 Å². The molecule has 0 amide bonds. The molecule has 140 valence electrons. The molecule has 0 spiro atoms. The first-order chi connectivity index (χ1) is 13.9. The first kappa shape index (κ1) is 17.0. The molecule has 0 saturated carbocycles. The van der Waals surface area contributed by atoms with Crippen molar-refractivity contribution in [2.24, 2.45) is 0 Å². The van der Waals surface area contributed by atoms with E-state index in [1.807, 2.05) is 18.5 Å². The van der Waals surface area contributed by atoms with Gasteiger partial charge in [0.2, 0.25) is 5.78 Å². The predicted molar refractivity (Wildman–Crippen MR) is 112 cm³/mol. The first-order valence-corrected chi connectivity index (χ1v) is 9.77. The Morgan fingerprint density at radius 2 is 1.46 bits per heavy atom. The van der Waals surface area contributed by atoms with Crippen molar-refractivity contribution in [3.05, 3.63) is 84.7 Å². The number of nitrogens with zero attached hydrogens (tertiary/aromatic N) is 5. The summed E-state index contributed by atoms with van der Waals surface area (Å²) in [6, 6.07) is 23.2. The van der Waals surface area contributed by atoms with Crippen molar-refractivity contribution in [2.75, 3.05) is 31.1 Å². The maximum atomic E-state index is 4.56. The summed E-state index contributed by atoms with van der Waals surface area (Å²) in [5.74, 6) is 1.88. The summed E-state index contributed by atoms with van der Waals surface area (Å²) in [7, 11) is 0. The van der Waals surface area contributed by atoms with Gasteiger partial charge in [0, 0.05) is 38.9 Å². The van der Waals surface area contributed by atoms with Gasteiger partial charge in [-0.05, 0) is 17.2 Å². The van der Waals surface area contributed by atoms with Gasteiger partial charge in [-0.2, -0.15) is 0 Å². The van der Waals surface area contributed by atoms with Crippen LogP contribution in [0.5, 0.6) is 0 Å². The van der Waals surface area contributed by atoms with E-state index in [1.54, 1.807) is 0 Å². The van der Waals surface area contributed by atoms with Gasteiger partial charge in [0.1, 0.15) is 5.82 Å². The molecule has 5 rings (SSSR count). The van der Waals surface area contributed by atoms with Gasteiger partial charge in [-0.1, -0.05) is 60.7 Å². The molecular formula is C23H23N5. The second-order valence-electron chi connectivity index (χ2n) is 7.20. The Balaban J connectivity index is 1.39. The van der Waals surface area contributed by atoms with Gasteiger partial charge in [-0.3, -0.25) is 9.30 Å². The van der Waals surface area contributed by atoms with E-state index in [2.05, 4.69) is 84.8 Å². The second kappa shape index (κ2) is 7.44. The van der Waals surface area contributed by atoms with E-state index in [4.69, 9.17) is 0 Å². The van der Waals surface area contributed by atoms with E-state index in [-0.39, 0.29) is 0 Å². The van der Waals surface area contributed by atoms with Gasteiger partial charge in [0.15, 0.2) is 0 Å². The predicted octanol–water partition coefficient (Wildman–Crippen LogP) is 3.72. The topological polar surface area (TPSA) is 36.7 Å². The molecule has 28 heavy (non-hydrogen) atoms. The Bertz CT molecular complexity index is 1050. The van der Waals surface area contributed by atoms with Crippen LogP contribution in [0.3, 0.4) is 0 Å². The zero-order valence-electron chi connectivity index (χ0n) is 15.8. The van der Waals surface area contributed by atoms with E-state index >= 15 is 0 Å². The lowest BCUT2D eigenvalue weighted by Gasteiger charge is -2.35. The minimum atomic E-state index is 0.753. The zero-order chi connectivity index (χ0) is 18.8. The van der Waals surface area contributed by atoms with Crippen molar-refractivity contribution >= 4 is 11.6 Å². The van der Waals surface area contributed by atoms with Gasteiger partial charge in [-0.25, -0.2) is 9.97 Å².